The van der Waals surface area contributed by atoms with Gasteiger partial charge in [-0.15, -0.1) is 0 Å². The highest BCUT2D eigenvalue weighted by Gasteiger charge is 2.21. The van der Waals surface area contributed by atoms with Gasteiger partial charge in [0.1, 0.15) is 0 Å². The van der Waals surface area contributed by atoms with E-state index in [-0.39, 0.29) is 12.5 Å². The van der Waals surface area contributed by atoms with E-state index in [0.717, 1.165) is 43.9 Å². The molecule has 0 radical (unpaired) electrons. The molecule has 0 unspecified atom stereocenters. The number of benzene rings is 2. The Balaban J connectivity index is 1.49. The van der Waals surface area contributed by atoms with Crippen molar-refractivity contribution in [1.82, 2.24) is 9.80 Å². The summed E-state index contributed by atoms with van der Waals surface area (Å²) in [5.74, 6) is 0.211. The number of nitrogens with zero attached hydrogens (tertiary/aromatic N) is 2. The van der Waals surface area contributed by atoms with Crippen LogP contribution in [0.4, 0.5) is 0 Å². The van der Waals surface area contributed by atoms with Gasteiger partial charge in [-0.05, 0) is 16.7 Å². The number of piperazine rings is 1. The molecule has 0 atom stereocenters. The lowest BCUT2D eigenvalue weighted by molar-refractivity contribution is -0.132. The van der Waals surface area contributed by atoms with Gasteiger partial charge in [-0.25, -0.2) is 0 Å². The van der Waals surface area contributed by atoms with Crippen molar-refractivity contribution in [2.75, 3.05) is 26.2 Å². The average Bonchev–Trinajstić information content (AvgIpc) is 2.63. The second-order valence-corrected chi connectivity index (χ2v) is 6.30. The zero-order chi connectivity index (χ0) is 16.8. The van der Waals surface area contributed by atoms with Crippen LogP contribution in [-0.2, 0) is 24.4 Å². The molecule has 126 valence electrons. The molecule has 3 rings (SSSR count). The molecule has 1 aliphatic heterocycles. The molecule has 0 aromatic heterocycles. The Bertz CT molecular complexity index is 664. The molecule has 0 saturated carbocycles. The summed E-state index contributed by atoms with van der Waals surface area (Å²) < 4.78 is 0. The highest BCUT2D eigenvalue weighted by molar-refractivity contribution is 5.78. The van der Waals surface area contributed by atoms with Gasteiger partial charge in [-0.2, -0.15) is 0 Å². The van der Waals surface area contributed by atoms with Crippen molar-refractivity contribution in [3.63, 3.8) is 0 Å². The van der Waals surface area contributed by atoms with Crippen LogP contribution >= 0.6 is 0 Å². The lowest BCUT2D eigenvalue weighted by Crippen LogP contribution is -2.48. The first-order valence-electron chi connectivity index (χ1n) is 8.47. The van der Waals surface area contributed by atoms with E-state index in [1.165, 1.54) is 5.56 Å². The molecule has 1 fully saturated rings. The zero-order valence-corrected chi connectivity index (χ0v) is 13.9. The molecule has 1 amide bonds. The van der Waals surface area contributed by atoms with Crippen LogP contribution in [0.1, 0.15) is 16.7 Å². The maximum Gasteiger partial charge on any atom is 0.227 e. The van der Waals surface area contributed by atoms with Gasteiger partial charge in [0.25, 0.3) is 0 Å². The topological polar surface area (TPSA) is 43.8 Å². The first-order chi connectivity index (χ1) is 11.7. The SMILES string of the molecule is O=C(Cc1ccccc1)N1CCN(Cc2cccc(CO)c2)CC1. The molecule has 1 aliphatic rings. The molecular formula is C20H24N2O2. The van der Waals surface area contributed by atoms with Gasteiger partial charge in [-0.3, -0.25) is 9.69 Å². The Labute approximate surface area is 143 Å². The van der Waals surface area contributed by atoms with Crippen molar-refractivity contribution in [2.45, 2.75) is 19.6 Å². The lowest BCUT2D eigenvalue weighted by Gasteiger charge is -2.35. The van der Waals surface area contributed by atoms with Crippen LogP contribution < -0.4 is 0 Å². The molecule has 4 nitrogen and oxygen atoms in total. The van der Waals surface area contributed by atoms with Gasteiger partial charge in [0.2, 0.25) is 5.91 Å². The second kappa shape index (κ2) is 8.08. The standard InChI is InChI=1S/C20H24N2O2/c23-16-19-8-4-7-18(13-19)15-21-9-11-22(12-10-21)20(24)14-17-5-2-1-3-6-17/h1-8,13,23H,9-12,14-16H2. The Morgan fingerprint density at radius 3 is 2.25 bits per heavy atom. The maximum atomic E-state index is 12.4. The largest absolute Gasteiger partial charge is 0.392 e. The Hall–Kier alpha value is -2.17. The van der Waals surface area contributed by atoms with E-state index in [1.807, 2.05) is 53.4 Å². The molecule has 0 spiro atoms. The highest BCUT2D eigenvalue weighted by Crippen LogP contribution is 2.12. The number of rotatable bonds is 5. The summed E-state index contributed by atoms with van der Waals surface area (Å²) in [6.45, 7) is 4.30. The predicted octanol–water partition coefficient (Wildman–Crippen LogP) is 2.07. The van der Waals surface area contributed by atoms with Gasteiger partial charge in [-0.1, -0.05) is 54.6 Å². The quantitative estimate of drug-likeness (QED) is 0.916. The molecule has 24 heavy (non-hydrogen) atoms. The molecular weight excluding hydrogens is 300 g/mol. The van der Waals surface area contributed by atoms with Crippen LogP contribution in [0.15, 0.2) is 54.6 Å². The van der Waals surface area contributed by atoms with Crippen LogP contribution in [0.2, 0.25) is 0 Å². The Morgan fingerprint density at radius 1 is 0.875 bits per heavy atom. The summed E-state index contributed by atoms with van der Waals surface area (Å²) in [6.07, 6.45) is 0.486. The smallest absolute Gasteiger partial charge is 0.227 e. The maximum absolute atomic E-state index is 12.4. The van der Waals surface area contributed by atoms with Gasteiger partial charge in [0, 0.05) is 32.7 Å². The molecule has 2 aromatic carbocycles. The summed E-state index contributed by atoms with van der Waals surface area (Å²) in [5.41, 5.74) is 3.24. The van der Waals surface area contributed by atoms with Crippen LogP contribution in [0.25, 0.3) is 0 Å². The monoisotopic (exact) mass is 324 g/mol. The number of aliphatic hydroxyl groups excluding tert-OH is 1. The van der Waals surface area contributed by atoms with E-state index in [1.54, 1.807) is 0 Å². The molecule has 1 heterocycles. The summed E-state index contributed by atoms with van der Waals surface area (Å²) in [4.78, 5) is 16.7. The first-order valence-corrected chi connectivity index (χ1v) is 8.47. The van der Waals surface area contributed by atoms with Crippen molar-refractivity contribution in [2.24, 2.45) is 0 Å². The summed E-state index contributed by atoms with van der Waals surface area (Å²) >= 11 is 0. The normalized spacial score (nSPS) is 15.5. The third-order valence-corrected chi connectivity index (χ3v) is 4.50. The van der Waals surface area contributed by atoms with E-state index in [2.05, 4.69) is 11.0 Å². The Kier molecular flexibility index (Phi) is 5.62. The minimum absolute atomic E-state index is 0.0790. The molecule has 1 N–H and O–H groups in total. The minimum atomic E-state index is 0.0790. The van der Waals surface area contributed by atoms with Crippen molar-refractivity contribution < 1.29 is 9.90 Å². The van der Waals surface area contributed by atoms with E-state index in [9.17, 15) is 9.90 Å². The van der Waals surface area contributed by atoms with E-state index in [0.29, 0.717) is 6.42 Å². The van der Waals surface area contributed by atoms with Gasteiger partial charge >= 0.3 is 0 Å². The van der Waals surface area contributed by atoms with Crippen LogP contribution in [-0.4, -0.2) is 47.0 Å². The highest BCUT2D eigenvalue weighted by atomic mass is 16.3. The summed E-state index contributed by atoms with van der Waals surface area (Å²) in [5, 5.41) is 9.23. The molecule has 4 heteroatoms. The fourth-order valence-electron chi connectivity index (χ4n) is 3.12. The van der Waals surface area contributed by atoms with Gasteiger partial charge in [0.15, 0.2) is 0 Å². The molecule has 2 aromatic rings. The molecule has 1 saturated heterocycles. The first kappa shape index (κ1) is 16.7. The number of hydrogen-bond acceptors (Lipinski definition) is 3. The fraction of sp³-hybridized carbons (Fsp3) is 0.350. The third kappa shape index (κ3) is 4.43. The molecule has 0 aliphatic carbocycles. The van der Waals surface area contributed by atoms with Crippen LogP contribution in [0.5, 0.6) is 0 Å². The van der Waals surface area contributed by atoms with E-state index >= 15 is 0 Å². The van der Waals surface area contributed by atoms with E-state index < -0.39 is 0 Å². The van der Waals surface area contributed by atoms with E-state index in [4.69, 9.17) is 0 Å². The zero-order valence-electron chi connectivity index (χ0n) is 13.9. The average molecular weight is 324 g/mol. The third-order valence-electron chi connectivity index (χ3n) is 4.50. The minimum Gasteiger partial charge on any atom is -0.392 e. The van der Waals surface area contributed by atoms with Crippen molar-refractivity contribution >= 4 is 5.91 Å². The fourth-order valence-corrected chi connectivity index (χ4v) is 3.12. The van der Waals surface area contributed by atoms with Crippen molar-refractivity contribution in [3.05, 3.63) is 71.3 Å². The Morgan fingerprint density at radius 2 is 1.54 bits per heavy atom. The van der Waals surface area contributed by atoms with Crippen LogP contribution in [0, 0.1) is 0 Å². The van der Waals surface area contributed by atoms with Crippen LogP contribution in [0.3, 0.4) is 0 Å². The number of amides is 1. The predicted molar refractivity (Wildman–Crippen MR) is 94.4 cm³/mol. The van der Waals surface area contributed by atoms with Gasteiger partial charge in [0.05, 0.1) is 13.0 Å². The van der Waals surface area contributed by atoms with Crippen molar-refractivity contribution in [1.29, 1.82) is 0 Å². The second-order valence-electron chi connectivity index (χ2n) is 6.30. The van der Waals surface area contributed by atoms with Crippen molar-refractivity contribution in [3.8, 4) is 0 Å². The lowest BCUT2D eigenvalue weighted by atomic mass is 10.1. The van der Waals surface area contributed by atoms with Gasteiger partial charge < -0.3 is 10.0 Å². The number of hydrogen-bond donors (Lipinski definition) is 1. The number of carbonyl (C=O) groups excluding carboxylic acids is 1. The summed E-state index contributed by atoms with van der Waals surface area (Å²) in [7, 11) is 0. The number of carbonyl (C=O) groups is 1. The number of aliphatic hydroxyl groups is 1. The summed E-state index contributed by atoms with van der Waals surface area (Å²) in [6, 6.07) is 18.0. The molecule has 0 bridgehead atoms.